The first kappa shape index (κ1) is 25.0. The SMILES string of the molecule is CC(C(=O)C(C)N1CCC[C@@H]1CCc1cccc(F)c1)N1CCC[C@@H]1CCc1cccc(F)c1. The highest BCUT2D eigenvalue weighted by molar-refractivity contribution is 5.88. The maximum Gasteiger partial charge on any atom is 0.166 e. The Balaban J connectivity index is 1.33. The van der Waals surface area contributed by atoms with Gasteiger partial charge in [-0.15, -0.1) is 0 Å². The molecule has 0 saturated carbocycles. The minimum Gasteiger partial charge on any atom is -0.296 e. The number of ketones is 1. The molecular weight excluding hydrogens is 430 g/mol. The summed E-state index contributed by atoms with van der Waals surface area (Å²) in [5.41, 5.74) is 2.05. The van der Waals surface area contributed by atoms with Crippen LogP contribution in [0.1, 0.15) is 63.5 Å². The van der Waals surface area contributed by atoms with Crippen LogP contribution in [0, 0.1) is 11.6 Å². The summed E-state index contributed by atoms with van der Waals surface area (Å²) in [5, 5.41) is 0. The molecule has 2 heterocycles. The number of nitrogens with zero attached hydrogens (tertiary/aromatic N) is 2. The van der Waals surface area contributed by atoms with Gasteiger partial charge in [-0.3, -0.25) is 14.6 Å². The molecule has 0 aromatic heterocycles. The Morgan fingerprint density at radius 3 is 1.68 bits per heavy atom. The van der Waals surface area contributed by atoms with Crippen molar-refractivity contribution >= 4 is 5.78 Å². The highest BCUT2D eigenvalue weighted by Crippen LogP contribution is 2.28. The Morgan fingerprint density at radius 1 is 0.824 bits per heavy atom. The highest BCUT2D eigenvalue weighted by atomic mass is 19.1. The van der Waals surface area contributed by atoms with Gasteiger partial charge in [0.1, 0.15) is 11.6 Å². The molecule has 0 aliphatic carbocycles. The lowest BCUT2D eigenvalue weighted by Crippen LogP contribution is -2.51. The van der Waals surface area contributed by atoms with E-state index in [0.717, 1.165) is 75.6 Å². The van der Waals surface area contributed by atoms with Crippen LogP contribution in [0.25, 0.3) is 0 Å². The molecule has 2 saturated heterocycles. The average Bonchev–Trinajstić information content (AvgIpc) is 3.49. The Kier molecular flexibility index (Phi) is 8.49. The number of benzene rings is 2. The summed E-state index contributed by atoms with van der Waals surface area (Å²) >= 11 is 0. The summed E-state index contributed by atoms with van der Waals surface area (Å²) in [6, 6.07) is 14.2. The van der Waals surface area contributed by atoms with Crippen molar-refractivity contribution < 1.29 is 13.6 Å². The lowest BCUT2D eigenvalue weighted by atomic mass is 9.98. The number of carbonyl (C=O) groups excluding carboxylic acids is 1. The van der Waals surface area contributed by atoms with Crippen LogP contribution in [0.5, 0.6) is 0 Å². The van der Waals surface area contributed by atoms with E-state index in [0.29, 0.717) is 17.9 Å². The fourth-order valence-corrected chi connectivity index (χ4v) is 6.08. The molecule has 34 heavy (non-hydrogen) atoms. The van der Waals surface area contributed by atoms with Gasteiger partial charge >= 0.3 is 0 Å². The minimum absolute atomic E-state index is 0.112. The van der Waals surface area contributed by atoms with Gasteiger partial charge in [0.15, 0.2) is 5.78 Å². The zero-order valence-electron chi connectivity index (χ0n) is 20.6. The van der Waals surface area contributed by atoms with Gasteiger partial charge < -0.3 is 0 Å². The van der Waals surface area contributed by atoms with Gasteiger partial charge in [0.05, 0.1) is 12.1 Å². The topological polar surface area (TPSA) is 23.6 Å². The zero-order chi connectivity index (χ0) is 24.1. The minimum atomic E-state index is -0.185. The number of halogens is 2. The molecule has 0 spiro atoms. The van der Waals surface area contributed by atoms with E-state index in [1.165, 1.54) is 12.1 Å². The van der Waals surface area contributed by atoms with E-state index >= 15 is 0 Å². The number of carbonyl (C=O) groups is 1. The third-order valence-electron chi connectivity index (χ3n) is 7.97. The number of Topliss-reactive ketones (excluding diaryl/α,β-unsaturated/α-hetero) is 1. The van der Waals surface area contributed by atoms with Crippen molar-refractivity contribution in [1.29, 1.82) is 0 Å². The van der Waals surface area contributed by atoms with E-state index in [1.54, 1.807) is 24.3 Å². The van der Waals surface area contributed by atoms with Crippen molar-refractivity contribution in [1.82, 2.24) is 9.80 Å². The summed E-state index contributed by atoms with van der Waals surface area (Å²) in [7, 11) is 0. The zero-order valence-corrected chi connectivity index (χ0v) is 20.6. The van der Waals surface area contributed by atoms with Gasteiger partial charge in [-0.05, 0) is 114 Å². The molecule has 184 valence electrons. The first-order valence-corrected chi connectivity index (χ1v) is 13.0. The number of rotatable bonds is 10. The first-order chi connectivity index (χ1) is 16.4. The summed E-state index contributed by atoms with van der Waals surface area (Å²) in [6.07, 6.45) is 8.00. The van der Waals surface area contributed by atoms with Gasteiger partial charge in [0.25, 0.3) is 0 Å². The molecule has 2 fully saturated rings. The maximum atomic E-state index is 13.6. The fraction of sp³-hybridized carbons (Fsp3) is 0.552. The quantitative estimate of drug-likeness (QED) is 0.440. The molecule has 0 bridgehead atoms. The lowest BCUT2D eigenvalue weighted by molar-refractivity contribution is -0.129. The number of hydrogen-bond donors (Lipinski definition) is 0. The summed E-state index contributed by atoms with van der Waals surface area (Å²) < 4.78 is 27.1. The summed E-state index contributed by atoms with van der Waals surface area (Å²) in [5.74, 6) is -0.0678. The normalized spacial score (nSPS) is 23.3. The van der Waals surface area contributed by atoms with E-state index in [1.807, 2.05) is 12.1 Å². The Bertz CT molecular complexity index is 889. The highest BCUT2D eigenvalue weighted by Gasteiger charge is 2.38. The van der Waals surface area contributed by atoms with Crippen molar-refractivity contribution in [2.24, 2.45) is 0 Å². The number of hydrogen-bond acceptors (Lipinski definition) is 3. The fourth-order valence-electron chi connectivity index (χ4n) is 6.08. The van der Waals surface area contributed by atoms with Gasteiger partial charge in [0.2, 0.25) is 0 Å². The molecule has 2 aromatic rings. The molecule has 4 atom stereocenters. The van der Waals surface area contributed by atoms with Crippen molar-refractivity contribution in [3.8, 4) is 0 Å². The van der Waals surface area contributed by atoms with Gasteiger partial charge in [-0.2, -0.15) is 0 Å². The van der Waals surface area contributed by atoms with Gasteiger partial charge in [-0.25, -0.2) is 8.78 Å². The summed E-state index contributed by atoms with van der Waals surface area (Å²) in [6.45, 7) is 6.04. The second-order valence-electron chi connectivity index (χ2n) is 10.2. The van der Waals surface area contributed by atoms with Crippen molar-refractivity contribution in [3.63, 3.8) is 0 Å². The Hall–Kier alpha value is -2.11. The molecule has 5 heteroatoms. The Labute approximate surface area is 203 Å². The van der Waals surface area contributed by atoms with Crippen molar-refractivity contribution in [2.45, 2.75) is 89.4 Å². The third-order valence-corrected chi connectivity index (χ3v) is 7.97. The molecule has 3 nitrogen and oxygen atoms in total. The maximum absolute atomic E-state index is 13.6. The van der Waals surface area contributed by atoms with Crippen LogP contribution in [0.3, 0.4) is 0 Å². The third kappa shape index (κ3) is 6.11. The van der Waals surface area contributed by atoms with E-state index in [4.69, 9.17) is 0 Å². The molecule has 2 aliphatic rings. The van der Waals surface area contributed by atoms with E-state index < -0.39 is 0 Å². The second-order valence-corrected chi connectivity index (χ2v) is 10.2. The monoisotopic (exact) mass is 468 g/mol. The van der Waals surface area contributed by atoms with Crippen molar-refractivity contribution in [2.75, 3.05) is 13.1 Å². The van der Waals surface area contributed by atoms with Crippen LogP contribution in [-0.4, -0.2) is 52.8 Å². The molecule has 0 N–H and O–H groups in total. The second kappa shape index (κ2) is 11.5. The van der Waals surface area contributed by atoms with Crippen LogP contribution >= 0.6 is 0 Å². The van der Waals surface area contributed by atoms with Crippen LogP contribution in [0.4, 0.5) is 8.78 Å². The molecule has 0 radical (unpaired) electrons. The van der Waals surface area contributed by atoms with Crippen LogP contribution in [-0.2, 0) is 17.6 Å². The Morgan fingerprint density at radius 2 is 1.26 bits per heavy atom. The molecule has 2 unspecified atom stereocenters. The molecule has 2 aliphatic heterocycles. The van der Waals surface area contributed by atoms with Gasteiger partial charge in [0, 0.05) is 12.1 Å². The van der Waals surface area contributed by atoms with E-state index in [2.05, 4.69) is 23.6 Å². The average molecular weight is 469 g/mol. The molecule has 2 aromatic carbocycles. The largest absolute Gasteiger partial charge is 0.296 e. The first-order valence-electron chi connectivity index (χ1n) is 13.0. The van der Waals surface area contributed by atoms with Crippen LogP contribution < -0.4 is 0 Å². The van der Waals surface area contributed by atoms with E-state index in [9.17, 15) is 13.6 Å². The number of aryl methyl sites for hydroxylation is 2. The van der Waals surface area contributed by atoms with Crippen LogP contribution in [0.2, 0.25) is 0 Å². The summed E-state index contributed by atoms with van der Waals surface area (Å²) in [4.78, 5) is 18.3. The van der Waals surface area contributed by atoms with Gasteiger partial charge in [-0.1, -0.05) is 24.3 Å². The standard InChI is InChI=1S/C29H38F2N2O/c1-21(32-17-5-11-27(32)15-13-23-7-3-9-25(30)19-23)29(34)22(2)33-18-6-12-28(33)16-14-24-8-4-10-26(31)20-24/h3-4,7-10,19-22,27-28H,5-6,11-18H2,1-2H3/t21?,22?,27-,28-/m1/s1. The lowest BCUT2D eigenvalue weighted by Gasteiger charge is -2.36. The predicted octanol–water partition coefficient (Wildman–Crippen LogP) is 5.81. The molecule has 0 amide bonds. The predicted molar refractivity (Wildman–Crippen MR) is 133 cm³/mol. The number of likely N-dealkylation sites (tertiary alicyclic amines) is 2. The molecule has 4 rings (SSSR count). The smallest absolute Gasteiger partial charge is 0.166 e. The van der Waals surface area contributed by atoms with Crippen molar-refractivity contribution in [3.05, 3.63) is 71.3 Å². The van der Waals surface area contributed by atoms with E-state index in [-0.39, 0.29) is 23.7 Å². The molecular formula is C29H38F2N2O. The van der Waals surface area contributed by atoms with Crippen LogP contribution in [0.15, 0.2) is 48.5 Å².